The lowest BCUT2D eigenvalue weighted by Gasteiger charge is -2.47. The van der Waals surface area contributed by atoms with Gasteiger partial charge in [-0.15, -0.1) is 11.6 Å². The summed E-state index contributed by atoms with van der Waals surface area (Å²) in [5, 5.41) is -0.134. The van der Waals surface area contributed by atoms with Crippen molar-refractivity contribution in [2.24, 2.45) is 0 Å². The van der Waals surface area contributed by atoms with Gasteiger partial charge in [0.05, 0.1) is 35.6 Å². The molecule has 1 aliphatic rings. The molecule has 0 N–H and O–H groups in total. The Hall–Kier alpha value is -0.693. The molecule has 1 fully saturated rings. The predicted molar refractivity (Wildman–Crippen MR) is 139 cm³/mol. The van der Waals surface area contributed by atoms with Crippen molar-refractivity contribution in [3.8, 4) is 0 Å². The van der Waals surface area contributed by atoms with Gasteiger partial charge >= 0.3 is 0 Å². The van der Waals surface area contributed by atoms with Crippen LogP contribution in [0.1, 0.15) is 38.3 Å². The molecule has 1 aliphatic carbocycles. The molecule has 0 saturated heterocycles. The van der Waals surface area contributed by atoms with E-state index < -0.39 is 8.32 Å². The number of alkyl halides is 2. The van der Waals surface area contributed by atoms with E-state index in [1.54, 1.807) is 0 Å². The Labute approximate surface area is 208 Å². The Morgan fingerprint density at radius 2 is 1.38 bits per heavy atom. The lowest BCUT2D eigenvalue weighted by atomic mass is 9.91. The molecule has 1 saturated carbocycles. The molecule has 0 bridgehead atoms. The fourth-order valence-corrected chi connectivity index (χ4v) is 6.23. The number of halogens is 2. The Morgan fingerprint density at radius 1 is 0.875 bits per heavy atom. The van der Waals surface area contributed by atoms with Crippen molar-refractivity contribution in [1.82, 2.24) is 0 Å². The predicted octanol–water partition coefficient (Wildman–Crippen LogP) is 7.32. The van der Waals surface area contributed by atoms with E-state index in [1.807, 2.05) is 36.4 Å². The summed E-state index contributed by atoms with van der Waals surface area (Å²) in [6.07, 6.45) is 0.350. The maximum absolute atomic E-state index is 7.00. The summed E-state index contributed by atoms with van der Waals surface area (Å²) in [6, 6.07) is 20.4. The minimum atomic E-state index is -1.96. The maximum Gasteiger partial charge on any atom is 0.192 e. The minimum Gasteiger partial charge on any atom is -0.413 e. The van der Waals surface area contributed by atoms with Crippen molar-refractivity contribution < 1.29 is 13.9 Å². The van der Waals surface area contributed by atoms with Crippen molar-refractivity contribution in [3.63, 3.8) is 0 Å². The molecule has 0 radical (unpaired) electrons. The lowest BCUT2D eigenvalue weighted by Crippen LogP contribution is -2.57. The third-order valence-electron chi connectivity index (χ3n) is 6.65. The smallest absolute Gasteiger partial charge is 0.192 e. The molecule has 6 heteroatoms. The van der Waals surface area contributed by atoms with Crippen molar-refractivity contribution in [2.45, 2.75) is 87.1 Å². The highest BCUT2D eigenvalue weighted by atomic mass is 79.9. The van der Waals surface area contributed by atoms with Crippen LogP contribution in [0.4, 0.5) is 0 Å². The molecule has 176 valence electrons. The van der Waals surface area contributed by atoms with E-state index in [9.17, 15) is 0 Å². The molecule has 2 aromatic rings. The third kappa shape index (κ3) is 6.68. The number of hydrogen-bond acceptors (Lipinski definition) is 3. The number of ether oxygens (including phenoxy) is 2. The summed E-state index contributed by atoms with van der Waals surface area (Å²) in [7, 11) is -1.96. The Kier molecular flexibility index (Phi) is 9.04. The lowest BCUT2D eigenvalue weighted by molar-refractivity contribution is -0.118. The molecule has 3 nitrogen and oxygen atoms in total. The summed E-state index contributed by atoms with van der Waals surface area (Å²) in [4.78, 5) is -0.00404. The Bertz CT molecular complexity index is 828. The van der Waals surface area contributed by atoms with Gasteiger partial charge in [0.1, 0.15) is 6.10 Å². The molecule has 0 aliphatic heterocycles. The quantitative estimate of drug-likeness (QED) is 0.260. The second kappa shape index (κ2) is 11.2. The van der Waals surface area contributed by atoms with Crippen LogP contribution in [0.15, 0.2) is 60.7 Å². The molecule has 3 rings (SSSR count). The number of hydrogen-bond donors (Lipinski definition) is 0. The normalized spacial score (nSPS) is 26.8. The van der Waals surface area contributed by atoms with Gasteiger partial charge in [-0.05, 0) is 29.3 Å². The summed E-state index contributed by atoms with van der Waals surface area (Å²) in [5.41, 5.74) is 2.27. The zero-order valence-corrected chi connectivity index (χ0v) is 23.1. The van der Waals surface area contributed by atoms with Crippen molar-refractivity contribution >= 4 is 35.8 Å². The first-order chi connectivity index (χ1) is 15.1. The molecule has 0 spiro atoms. The first-order valence-corrected chi connectivity index (χ1v) is 15.6. The van der Waals surface area contributed by atoms with Gasteiger partial charge < -0.3 is 13.9 Å². The fraction of sp³-hybridized carbons (Fsp3) is 0.538. The van der Waals surface area contributed by atoms with Crippen LogP contribution in [-0.4, -0.2) is 36.8 Å². The molecular weight excluding hydrogens is 504 g/mol. The number of benzene rings is 2. The van der Waals surface area contributed by atoms with Gasteiger partial charge in [-0.1, -0.05) is 97.4 Å². The minimum absolute atomic E-state index is 0.00404. The fourth-order valence-electron chi connectivity index (χ4n) is 3.66. The second-order valence-electron chi connectivity index (χ2n) is 10.1. The van der Waals surface area contributed by atoms with Crippen molar-refractivity contribution in [3.05, 3.63) is 71.8 Å². The summed E-state index contributed by atoms with van der Waals surface area (Å²) >= 11 is 10.9. The zero-order valence-electron chi connectivity index (χ0n) is 19.8. The Morgan fingerprint density at radius 3 is 1.88 bits per heavy atom. The van der Waals surface area contributed by atoms with Crippen LogP contribution < -0.4 is 0 Å². The van der Waals surface area contributed by atoms with E-state index in [0.29, 0.717) is 13.2 Å². The van der Waals surface area contributed by atoms with Crippen LogP contribution in [-0.2, 0) is 27.1 Å². The van der Waals surface area contributed by atoms with E-state index in [-0.39, 0.29) is 33.6 Å². The number of rotatable bonds is 8. The average molecular weight is 540 g/mol. The third-order valence-corrected chi connectivity index (χ3v) is 13.1. The van der Waals surface area contributed by atoms with E-state index in [1.165, 1.54) is 0 Å². The topological polar surface area (TPSA) is 27.7 Å². The van der Waals surface area contributed by atoms with Crippen LogP contribution in [0.5, 0.6) is 0 Å². The van der Waals surface area contributed by atoms with Gasteiger partial charge in [-0.3, -0.25) is 0 Å². The summed E-state index contributed by atoms with van der Waals surface area (Å²) in [6.45, 7) is 12.4. The summed E-state index contributed by atoms with van der Waals surface area (Å²) < 4.78 is 19.6. The van der Waals surface area contributed by atoms with Gasteiger partial charge in [0.25, 0.3) is 0 Å². The summed E-state index contributed by atoms with van der Waals surface area (Å²) in [5.74, 6) is 0. The SMILES string of the molecule is CC(C)(C)[Si](C)(C)OC1CC(OCc2ccccc2)C(OCc2ccccc2)C(Cl)C1Br. The van der Waals surface area contributed by atoms with Crippen LogP contribution in [0.25, 0.3) is 0 Å². The van der Waals surface area contributed by atoms with Gasteiger partial charge in [-0.25, -0.2) is 0 Å². The highest BCUT2D eigenvalue weighted by molar-refractivity contribution is 9.09. The molecular formula is C26H36BrClO3Si. The monoisotopic (exact) mass is 538 g/mol. The Balaban J connectivity index is 1.76. The zero-order chi connectivity index (χ0) is 23.4. The molecule has 0 aromatic heterocycles. The maximum atomic E-state index is 7.00. The van der Waals surface area contributed by atoms with Crippen molar-refractivity contribution in [2.75, 3.05) is 0 Å². The first-order valence-electron chi connectivity index (χ1n) is 11.4. The van der Waals surface area contributed by atoms with Crippen molar-refractivity contribution in [1.29, 1.82) is 0 Å². The molecule has 2 aromatic carbocycles. The van der Waals surface area contributed by atoms with Gasteiger partial charge in [0.2, 0.25) is 0 Å². The first kappa shape index (κ1) is 25.9. The van der Waals surface area contributed by atoms with Crippen LogP contribution in [0.2, 0.25) is 18.1 Å². The second-order valence-corrected chi connectivity index (χ2v) is 16.5. The van der Waals surface area contributed by atoms with Crippen LogP contribution in [0.3, 0.4) is 0 Å². The molecule has 0 heterocycles. The molecule has 5 unspecified atom stereocenters. The molecule has 5 atom stereocenters. The highest BCUT2D eigenvalue weighted by Gasteiger charge is 2.48. The molecule has 0 amide bonds. The van der Waals surface area contributed by atoms with Gasteiger partial charge in [-0.2, -0.15) is 0 Å². The van der Waals surface area contributed by atoms with Crippen LogP contribution in [0, 0.1) is 0 Å². The largest absolute Gasteiger partial charge is 0.413 e. The van der Waals surface area contributed by atoms with Crippen LogP contribution >= 0.6 is 27.5 Å². The van der Waals surface area contributed by atoms with E-state index >= 15 is 0 Å². The highest BCUT2D eigenvalue weighted by Crippen LogP contribution is 2.42. The van der Waals surface area contributed by atoms with E-state index in [2.05, 4.69) is 74.1 Å². The van der Waals surface area contributed by atoms with Gasteiger partial charge in [0, 0.05) is 6.42 Å². The van der Waals surface area contributed by atoms with E-state index in [0.717, 1.165) is 17.5 Å². The average Bonchev–Trinajstić information content (AvgIpc) is 2.75. The standard InChI is InChI=1S/C26H36BrClO3Si/c1-26(2,3)32(4,5)31-21-16-22(29-17-19-12-8-6-9-13-19)25(24(28)23(21)27)30-18-20-14-10-7-11-15-20/h6-15,21-25H,16-18H2,1-5H3. The van der Waals surface area contributed by atoms with Gasteiger partial charge in [0.15, 0.2) is 8.32 Å². The molecule has 32 heavy (non-hydrogen) atoms. The van der Waals surface area contributed by atoms with E-state index in [4.69, 9.17) is 25.5 Å².